The second-order valence-electron chi connectivity index (χ2n) is 4.08. The summed E-state index contributed by atoms with van der Waals surface area (Å²) >= 11 is 5.84. The number of halogens is 3. The Bertz CT molecular complexity index is 575. The van der Waals surface area contributed by atoms with Gasteiger partial charge in [0, 0.05) is 17.1 Å². The van der Waals surface area contributed by atoms with E-state index in [0.717, 1.165) is 0 Å². The van der Waals surface area contributed by atoms with Crippen LogP contribution in [0.1, 0.15) is 11.6 Å². The van der Waals surface area contributed by atoms with Crippen molar-refractivity contribution in [3.8, 4) is 0 Å². The van der Waals surface area contributed by atoms with Gasteiger partial charge >= 0.3 is 0 Å². The first-order chi connectivity index (χ1) is 9.11. The molecule has 0 fully saturated rings. The first-order valence-electron chi connectivity index (χ1n) is 5.78. The number of benzene rings is 2. The molecule has 2 aromatic carbocycles. The van der Waals surface area contributed by atoms with Gasteiger partial charge in [0.1, 0.15) is 11.6 Å². The van der Waals surface area contributed by atoms with E-state index >= 15 is 0 Å². The number of nitrogens with two attached hydrogens (primary N) is 1. The van der Waals surface area contributed by atoms with E-state index in [1.165, 1.54) is 24.3 Å². The van der Waals surface area contributed by atoms with Gasteiger partial charge in [-0.15, -0.1) is 0 Å². The van der Waals surface area contributed by atoms with Gasteiger partial charge in [0.25, 0.3) is 0 Å². The standard InChI is InChI=1S/C14H13ClF2N2/c15-9-5-6-11(16)10(7-9)14(8-18)19-13-4-2-1-3-12(13)17/h1-7,14,19H,8,18H2. The van der Waals surface area contributed by atoms with Crippen molar-refractivity contribution in [3.63, 3.8) is 0 Å². The zero-order valence-corrected chi connectivity index (χ0v) is 10.8. The van der Waals surface area contributed by atoms with Gasteiger partial charge < -0.3 is 11.1 Å². The van der Waals surface area contributed by atoms with Crippen molar-refractivity contribution in [3.05, 3.63) is 64.7 Å². The second kappa shape index (κ2) is 5.99. The van der Waals surface area contributed by atoms with Crippen LogP contribution in [0.25, 0.3) is 0 Å². The van der Waals surface area contributed by atoms with Crippen molar-refractivity contribution in [2.75, 3.05) is 11.9 Å². The van der Waals surface area contributed by atoms with Crippen LogP contribution in [0.3, 0.4) is 0 Å². The number of nitrogens with one attached hydrogen (secondary N) is 1. The number of para-hydroxylation sites is 1. The van der Waals surface area contributed by atoms with E-state index in [1.807, 2.05) is 0 Å². The maximum atomic E-state index is 13.8. The minimum Gasteiger partial charge on any atom is -0.374 e. The van der Waals surface area contributed by atoms with Crippen LogP contribution in [-0.4, -0.2) is 6.54 Å². The van der Waals surface area contributed by atoms with Gasteiger partial charge in [0.2, 0.25) is 0 Å². The van der Waals surface area contributed by atoms with Gasteiger partial charge in [-0.1, -0.05) is 23.7 Å². The molecule has 0 aliphatic rings. The number of rotatable bonds is 4. The molecule has 0 heterocycles. The molecular weight excluding hydrogens is 270 g/mol. The van der Waals surface area contributed by atoms with Crippen LogP contribution < -0.4 is 11.1 Å². The highest BCUT2D eigenvalue weighted by Crippen LogP contribution is 2.25. The molecule has 3 N–H and O–H groups in total. The van der Waals surface area contributed by atoms with Crippen LogP contribution in [0, 0.1) is 11.6 Å². The van der Waals surface area contributed by atoms with Gasteiger partial charge in [-0.2, -0.15) is 0 Å². The van der Waals surface area contributed by atoms with E-state index < -0.39 is 17.7 Å². The van der Waals surface area contributed by atoms with Gasteiger partial charge in [-0.25, -0.2) is 8.78 Å². The molecule has 2 rings (SSSR count). The Labute approximate surface area is 115 Å². The molecule has 19 heavy (non-hydrogen) atoms. The Morgan fingerprint density at radius 1 is 1.11 bits per heavy atom. The molecule has 2 nitrogen and oxygen atoms in total. The highest BCUT2D eigenvalue weighted by molar-refractivity contribution is 6.30. The van der Waals surface area contributed by atoms with E-state index in [4.69, 9.17) is 17.3 Å². The molecule has 0 spiro atoms. The molecule has 1 unspecified atom stereocenters. The fourth-order valence-electron chi connectivity index (χ4n) is 1.81. The summed E-state index contributed by atoms with van der Waals surface area (Å²) in [5.74, 6) is -0.841. The lowest BCUT2D eigenvalue weighted by molar-refractivity contribution is 0.589. The maximum absolute atomic E-state index is 13.8. The van der Waals surface area contributed by atoms with E-state index in [-0.39, 0.29) is 12.2 Å². The normalized spacial score (nSPS) is 12.2. The third kappa shape index (κ3) is 3.22. The predicted molar refractivity (Wildman–Crippen MR) is 73.2 cm³/mol. The lowest BCUT2D eigenvalue weighted by atomic mass is 10.1. The second-order valence-corrected chi connectivity index (χ2v) is 4.51. The fourth-order valence-corrected chi connectivity index (χ4v) is 1.99. The van der Waals surface area contributed by atoms with Crippen LogP contribution in [0.15, 0.2) is 42.5 Å². The molecule has 0 bridgehead atoms. The summed E-state index contributed by atoms with van der Waals surface area (Å²) in [6.07, 6.45) is 0. The third-order valence-electron chi connectivity index (χ3n) is 2.77. The van der Waals surface area contributed by atoms with Gasteiger partial charge in [-0.3, -0.25) is 0 Å². The van der Waals surface area contributed by atoms with Crippen molar-refractivity contribution < 1.29 is 8.78 Å². The predicted octanol–water partition coefficient (Wildman–Crippen LogP) is 3.73. The van der Waals surface area contributed by atoms with E-state index in [1.54, 1.807) is 18.2 Å². The Balaban J connectivity index is 2.30. The van der Waals surface area contributed by atoms with E-state index in [9.17, 15) is 8.78 Å². The minimum absolute atomic E-state index is 0.117. The van der Waals surface area contributed by atoms with Gasteiger partial charge in [0.05, 0.1) is 11.7 Å². The summed E-state index contributed by atoms with van der Waals surface area (Å²) in [4.78, 5) is 0. The minimum atomic E-state index is -0.546. The summed E-state index contributed by atoms with van der Waals surface area (Å²) in [6.45, 7) is 0.117. The van der Waals surface area contributed by atoms with Crippen LogP contribution in [-0.2, 0) is 0 Å². The highest BCUT2D eigenvalue weighted by Gasteiger charge is 2.16. The topological polar surface area (TPSA) is 38.0 Å². The molecule has 0 aromatic heterocycles. The van der Waals surface area contributed by atoms with E-state index in [2.05, 4.69) is 5.32 Å². The van der Waals surface area contributed by atoms with E-state index in [0.29, 0.717) is 10.6 Å². The number of hydrogen-bond donors (Lipinski definition) is 2. The number of hydrogen-bond acceptors (Lipinski definition) is 2. The van der Waals surface area contributed by atoms with Crippen molar-refractivity contribution in [2.24, 2.45) is 5.73 Å². The lowest BCUT2D eigenvalue weighted by Crippen LogP contribution is -2.22. The third-order valence-corrected chi connectivity index (χ3v) is 3.01. The average Bonchev–Trinajstić information content (AvgIpc) is 2.41. The Hall–Kier alpha value is -1.65. The average molecular weight is 283 g/mol. The molecule has 0 saturated carbocycles. The Morgan fingerprint density at radius 3 is 2.53 bits per heavy atom. The first-order valence-corrected chi connectivity index (χ1v) is 6.15. The van der Waals surface area contributed by atoms with Gasteiger partial charge in [-0.05, 0) is 30.3 Å². The summed E-state index contributed by atoms with van der Waals surface area (Å²) in [6, 6.07) is 9.83. The molecule has 0 aliphatic carbocycles. The van der Waals surface area contributed by atoms with Crippen molar-refractivity contribution in [2.45, 2.75) is 6.04 Å². The SMILES string of the molecule is NCC(Nc1ccccc1F)c1cc(Cl)ccc1F. The smallest absolute Gasteiger partial charge is 0.146 e. The molecule has 2 aromatic rings. The lowest BCUT2D eigenvalue weighted by Gasteiger charge is -2.19. The Kier molecular flexibility index (Phi) is 4.35. The molecule has 100 valence electrons. The van der Waals surface area contributed by atoms with Gasteiger partial charge in [0.15, 0.2) is 0 Å². The summed E-state index contributed by atoms with van der Waals surface area (Å²) in [5.41, 5.74) is 6.22. The number of anilines is 1. The zero-order chi connectivity index (χ0) is 13.8. The summed E-state index contributed by atoms with van der Waals surface area (Å²) in [7, 11) is 0. The molecule has 1 atom stereocenters. The van der Waals surface area contributed by atoms with Crippen LogP contribution in [0.5, 0.6) is 0 Å². The van der Waals surface area contributed by atoms with Crippen molar-refractivity contribution in [1.82, 2.24) is 0 Å². The first kappa shape index (κ1) is 13.8. The molecule has 0 amide bonds. The quantitative estimate of drug-likeness (QED) is 0.897. The highest BCUT2D eigenvalue weighted by atomic mass is 35.5. The zero-order valence-electron chi connectivity index (χ0n) is 10.0. The fraction of sp³-hybridized carbons (Fsp3) is 0.143. The summed E-state index contributed by atoms with van der Waals surface area (Å²) in [5, 5.41) is 3.29. The van der Waals surface area contributed by atoms with Crippen LogP contribution in [0.4, 0.5) is 14.5 Å². The molecular formula is C14H13ClF2N2. The monoisotopic (exact) mass is 282 g/mol. The van der Waals surface area contributed by atoms with Crippen molar-refractivity contribution in [1.29, 1.82) is 0 Å². The maximum Gasteiger partial charge on any atom is 0.146 e. The molecule has 0 aliphatic heterocycles. The molecule has 0 radical (unpaired) electrons. The molecule has 5 heteroatoms. The van der Waals surface area contributed by atoms with Crippen LogP contribution in [0.2, 0.25) is 5.02 Å². The summed E-state index contributed by atoms with van der Waals surface area (Å²) < 4.78 is 27.3. The van der Waals surface area contributed by atoms with Crippen LogP contribution >= 0.6 is 11.6 Å². The largest absolute Gasteiger partial charge is 0.374 e. The Morgan fingerprint density at radius 2 is 1.84 bits per heavy atom. The molecule has 0 saturated heterocycles. The van der Waals surface area contributed by atoms with Crippen molar-refractivity contribution >= 4 is 17.3 Å².